The van der Waals surface area contributed by atoms with E-state index in [1.807, 2.05) is 6.20 Å². The largest absolute Gasteiger partial charge is 0.342 e. The topological polar surface area (TPSA) is 28.7 Å². The molecule has 2 aliphatic rings. The van der Waals surface area contributed by atoms with Crippen LogP contribution in [0.5, 0.6) is 0 Å². The van der Waals surface area contributed by atoms with E-state index >= 15 is 0 Å². The third-order valence-electron chi connectivity index (χ3n) is 4.55. The van der Waals surface area contributed by atoms with Crippen molar-refractivity contribution < 1.29 is 0 Å². The third-order valence-corrected chi connectivity index (χ3v) is 4.55. The van der Waals surface area contributed by atoms with Gasteiger partial charge in [-0.1, -0.05) is 37.5 Å². The summed E-state index contributed by atoms with van der Waals surface area (Å²) in [6.45, 7) is 0. The van der Waals surface area contributed by atoms with Gasteiger partial charge in [0.2, 0.25) is 0 Å². The summed E-state index contributed by atoms with van der Waals surface area (Å²) in [5.74, 6) is 2.81. The summed E-state index contributed by atoms with van der Waals surface area (Å²) in [6, 6.07) is 8.97. The first-order valence-electron chi connectivity index (χ1n) is 7.53. The van der Waals surface area contributed by atoms with Crippen LogP contribution in [0.4, 0.5) is 0 Å². The first-order chi connectivity index (χ1) is 9.38. The van der Waals surface area contributed by atoms with Gasteiger partial charge in [-0.05, 0) is 42.4 Å². The van der Waals surface area contributed by atoms with Crippen molar-refractivity contribution in [3.05, 3.63) is 41.9 Å². The van der Waals surface area contributed by atoms with E-state index in [9.17, 15) is 0 Å². The molecule has 1 aromatic heterocycles. The maximum absolute atomic E-state index is 4.52. The van der Waals surface area contributed by atoms with Gasteiger partial charge < -0.3 is 4.98 Å². The Balaban J connectivity index is 1.56. The second-order valence-corrected chi connectivity index (χ2v) is 6.16. The van der Waals surface area contributed by atoms with Crippen LogP contribution < -0.4 is 0 Å². The number of aromatic amines is 1. The van der Waals surface area contributed by atoms with E-state index in [-0.39, 0.29) is 0 Å². The summed E-state index contributed by atoms with van der Waals surface area (Å²) >= 11 is 0. The van der Waals surface area contributed by atoms with Gasteiger partial charge >= 0.3 is 0 Å². The minimum atomic E-state index is 0.701. The van der Waals surface area contributed by atoms with Gasteiger partial charge in [0.05, 0.1) is 11.9 Å². The number of benzene rings is 1. The van der Waals surface area contributed by atoms with Crippen molar-refractivity contribution in [1.82, 2.24) is 9.97 Å². The Hall–Kier alpha value is -1.57. The van der Waals surface area contributed by atoms with Gasteiger partial charge in [0, 0.05) is 5.92 Å². The Kier molecular flexibility index (Phi) is 2.68. The number of H-pyrrole nitrogens is 1. The second kappa shape index (κ2) is 4.52. The monoisotopic (exact) mass is 252 g/mol. The molecular formula is C17H20N2. The molecule has 2 heteroatoms. The van der Waals surface area contributed by atoms with Gasteiger partial charge in [-0.15, -0.1) is 0 Å². The fourth-order valence-electron chi connectivity index (χ4n) is 2.94. The molecule has 1 heterocycles. The number of nitrogens with zero attached hydrogens (tertiary/aromatic N) is 1. The van der Waals surface area contributed by atoms with Crippen LogP contribution in [-0.2, 0) is 6.42 Å². The molecule has 98 valence electrons. The Labute approximate surface area is 114 Å². The molecule has 1 N–H and O–H groups in total. The lowest BCUT2D eigenvalue weighted by molar-refractivity contribution is 0.314. The van der Waals surface area contributed by atoms with E-state index in [1.54, 1.807) is 0 Å². The lowest BCUT2D eigenvalue weighted by atomic mass is 9.81. The molecule has 0 bridgehead atoms. The molecular weight excluding hydrogens is 232 g/mol. The van der Waals surface area contributed by atoms with Crippen molar-refractivity contribution >= 4 is 0 Å². The first kappa shape index (κ1) is 11.3. The molecule has 0 aliphatic heterocycles. The highest BCUT2D eigenvalue weighted by molar-refractivity contribution is 5.59. The van der Waals surface area contributed by atoms with Crippen LogP contribution in [0.15, 0.2) is 30.5 Å². The van der Waals surface area contributed by atoms with Crippen LogP contribution in [0.25, 0.3) is 11.3 Å². The molecule has 2 aromatic rings. The van der Waals surface area contributed by atoms with E-state index in [0.717, 1.165) is 5.92 Å². The number of rotatable bonds is 4. The zero-order valence-corrected chi connectivity index (χ0v) is 11.2. The molecule has 0 atom stereocenters. The Bertz CT molecular complexity index is 576. The van der Waals surface area contributed by atoms with Gasteiger partial charge in [-0.2, -0.15) is 0 Å². The highest BCUT2D eigenvalue weighted by Crippen LogP contribution is 2.39. The lowest BCUT2D eigenvalue weighted by Crippen LogP contribution is -2.13. The Morgan fingerprint density at radius 2 is 2.05 bits per heavy atom. The minimum Gasteiger partial charge on any atom is -0.342 e. The minimum absolute atomic E-state index is 0.701. The predicted octanol–water partition coefficient (Wildman–Crippen LogP) is 4.30. The van der Waals surface area contributed by atoms with Gasteiger partial charge in [-0.3, -0.25) is 0 Å². The fraction of sp³-hybridized carbons (Fsp3) is 0.471. The van der Waals surface area contributed by atoms with E-state index in [0.29, 0.717) is 5.92 Å². The van der Waals surface area contributed by atoms with E-state index in [4.69, 9.17) is 0 Å². The smallest absolute Gasteiger partial charge is 0.109 e. The van der Waals surface area contributed by atoms with E-state index < -0.39 is 0 Å². The van der Waals surface area contributed by atoms with Crippen LogP contribution in [0, 0.1) is 5.92 Å². The average Bonchev–Trinajstić information content (AvgIpc) is 3.12. The molecule has 0 spiro atoms. The first-order valence-corrected chi connectivity index (χ1v) is 7.53. The molecule has 2 fully saturated rings. The standard InChI is InChI=1S/C17H20N2/c1-3-12(4-1)9-13-5-2-6-15(10-13)16-11-18-17(19-16)14-7-8-14/h2,5-6,10-12,14H,1,3-4,7-9H2,(H,18,19). The molecule has 0 unspecified atom stereocenters. The SMILES string of the molecule is c1cc(CC2CCC2)cc(-c2cnc(C3CC3)[nH]2)c1. The van der Waals surface area contributed by atoms with Crippen molar-refractivity contribution in [3.8, 4) is 11.3 Å². The number of hydrogen-bond donors (Lipinski definition) is 1. The molecule has 0 radical (unpaired) electrons. The van der Waals surface area contributed by atoms with Gasteiger partial charge in [0.25, 0.3) is 0 Å². The number of hydrogen-bond acceptors (Lipinski definition) is 1. The molecule has 0 saturated heterocycles. The van der Waals surface area contributed by atoms with Crippen LogP contribution in [0.1, 0.15) is 49.4 Å². The van der Waals surface area contributed by atoms with Crippen molar-refractivity contribution in [2.45, 2.75) is 44.4 Å². The molecule has 1 aromatic carbocycles. The summed E-state index contributed by atoms with van der Waals surface area (Å²) in [6.07, 6.45) is 10.1. The number of nitrogens with one attached hydrogen (secondary N) is 1. The van der Waals surface area contributed by atoms with Crippen molar-refractivity contribution in [3.63, 3.8) is 0 Å². The summed E-state index contributed by atoms with van der Waals surface area (Å²) in [5.41, 5.74) is 3.94. The van der Waals surface area contributed by atoms with E-state index in [2.05, 4.69) is 34.2 Å². The zero-order valence-electron chi connectivity index (χ0n) is 11.2. The second-order valence-electron chi connectivity index (χ2n) is 6.16. The maximum atomic E-state index is 4.52. The molecule has 2 nitrogen and oxygen atoms in total. The van der Waals surface area contributed by atoms with Crippen molar-refractivity contribution in [1.29, 1.82) is 0 Å². The maximum Gasteiger partial charge on any atom is 0.109 e. The van der Waals surface area contributed by atoms with Crippen LogP contribution in [0.3, 0.4) is 0 Å². The predicted molar refractivity (Wildman–Crippen MR) is 77.0 cm³/mol. The summed E-state index contributed by atoms with van der Waals surface area (Å²) in [7, 11) is 0. The van der Waals surface area contributed by atoms with Gasteiger partial charge in [0.1, 0.15) is 5.82 Å². The average molecular weight is 252 g/mol. The van der Waals surface area contributed by atoms with Gasteiger partial charge in [0.15, 0.2) is 0 Å². The molecule has 19 heavy (non-hydrogen) atoms. The van der Waals surface area contributed by atoms with Crippen LogP contribution in [-0.4, -0.2) is 9.97 Å². The third kappa shape index (κ3) is 2.32. The summed E-state index contributed by atoms with van der Waals surface area (Å²) in [4.78, 5) is 8.01. The van der Waals surface area contributed by atoms with Gasteiger partial charge in [-0.25, -0.2) is 4.98 Å². The molecule has 0 amide bonds. The fourth-order valence-corrected chi connectivity index (χ4v) is 2.94. The molecule has 4 rings (SSSR count). The normalized spacial score (nSPS) is 19.4. The van der Waals surface area contributed by atoms with Crippen molar-refractivity contribution in [2.75, 3.05) is 0 Å². The van der Waals surface area contributed by atoms with Crippen molar-refractivity contribution in [2.24, 2.45) is 5.92 Å². The highest BCUT2D eigenvalue weighted by atomic mass is 14.9. The summed E-state index contributed by atoms with van der Waals surface area (Å²) < 4.78 is 0. The van der Waals surface area contributed by atoms with Crippen LogP contribution in [0.2, 0.25) is 0 Å². The number of imidazole rings is 1. The molecule has 2 saturated carbocycles. The summed E-state index contributed by atoms with van der Waals surface area (Å²) in [5, 5.41) is 0. The number of aromatic nitrogens is 2. The van der Waals surface area contributed by atoms with Crippen LogP contribution >= 0.6 is 0 Å². The lowest BCUT2D eigenvalue weighted by Gasteiger charge is -2.25. The Morgan fingerprint density at radius 3 is 2.79 bits per heavy atom. The quantitative estimate of drug-likeness (QED) is 0.863. The Morgan fingerprint density at radius 1 is 1.16 bits per heavy atom. The molecule has 2 aliphatic carbocycles. The zero-order chi connectivity index (χ0) is 12.7. The highest BCUT2D eigenvalue weighted by Gasteiger charge is 2.26. The van der Waals surface area contributed by atoms with E-state index in [1.165, 1.54) is 61.2 Å².